The number of halogens is 8. The molecule has 7 aromatic carbocycles. The van der Waals surface area contributed by atoms with Gasteiger partial charge in [-0.3, -0.25) is 51.7 Å². The molecule has 11 aromatic rings. The van der Waals surface area contributed by atoms with E-state index in [2.05, 4.69) is 165 Å². The fourth-order valence-electron chi connectivity index (χ4n) is 8.79. The fraction of sp³-hybridized carbons (Fsp3) is 0.260. The third-order valence-corrected chi connectivity index (χ3v) is 25.1. The van der Waals surface area contributed by atoms with E-state index in [4.69, 9.17) is 48.5 Å². The van der Waals surface area contributed by atoms with Gasteiger partial charge in [0.2, 0.25) is 0 Å². The number of carbonyl (C=O) groups excluding carboxylic acids is 6. The van der Waals surface area contributed by atoms with Crippen LogP contribution in [0, 0.1) is 0 Å². The van der Waals surface area contributed by atoms with Crippen molar-refractivity contribution in [2.24, 2.45) is 0 Å². The monoisotopic (exact) mass is 2140 g/mol. The van der Waals surface area contributed by atoms with Crippen LogP contribution in [0.3, 0.4) is 0 Å². The van der Waals surface area contributed by atoms with E-state index in [9.17, 15) is 47.4 Å². The van der Waals surface area contributed by atoms with Crippen LogP contribution in [-0.2, 0) is 50.4 Å². The molecule has 40 heteroatoms. The van der Waals surface area contributed by atoms with Crippen molar-refractivity contribution >= 4 is 232 Å². The summed E-state index contributed by atoms with van der Waals surface area (Å²) in [5.74, 6) is 5.26. The minimum atomic E-state index is -5.94. The number of thioether (sulfide) groups is 1. The van der Waals surface area contributed by atoms with Gasteiger partial charge in [0.25, 0.3) is 30.1 Å². The second-order valence-electron chi connectivity index (χ2n) is 25.5. The maximum absolute atomic E-state index is 12.4. The van der Waals surface area contributed by atoms with Crippen LogP contribution in [0.2, 0.25) is 19.6 Å². The Kier molecular flexibility index (Phi) is 52.9. The van der Waals surface area contributed by atoms with E-state index < -0.39 is 61.6 Å². The summed E-state index contributed by atoms with van der Waals surface area (Å²) in [5.41, 5.74) is 5.43. The molecule has 4 aromatic heterocycles. The van der Waals surface area contributed by atoms with Crippen LogP contribution in [0.5, 0.6) is 5.75 Å². The predicted octanol–water partition coefficient (Wildman–Crippen LogP) is 5.31. The Morgan fingerprint density at radius 1 is 0.547 bits per heavy atom. The van der Waals surface area contributed by atoms with Crippen molar-refractivity contribution in [1.82, 2.24) is 36.7 Å². The van der Waals surface area contributed by atoms with E-state index in [1.807, 2.05) is 103 Å². The Bertz CT molecular complexity index is 4980. The molecule has 1 N–H and O–H groups in total. The van der Waals surface area contributed by atoms with Gasteiger partial charge in [-0.15, -0.1) is 45.9 Å². The average molecular weight is 2150 g/mol. The van der Waals surface area contributed by atoms with Crippen molar-refractivity contribution in [3.8, 4) is 5.75 Å². The topological polar surface area (TPSA) is 328 Å². The van der Waals surface area contributed by atoms with Crippen LogP contribution in [0.25, 0.3) is 37.3 Å². The number of ether oxygens (including phenoxy) is 1. The van der Waals surface area contributed by atoms with Crippen molar-refractivity contribution in [3.05, 3.63) is 273 Å². The Balaban J connectivity index is 0.000000660. The summed E-state index contributed by atoms with van der Waals surface area (Å²) in [6.45, 7) is 7.06. The van der Waals surface area contributed by atoms with Gasteiger partial charge in [0.1, 0.15) is 45.4 Å². The number of benzene rings is 7. The Morgan fingerprint density at radius 2 is 0.855 bits per heavy atom. The first-order chi connectivity index (χ1) is 54.0. The summed E-state index contributed by atoms with van der Waals surface area (Å²) in [7, 11) is 17.1. The van der Waals surface area contributed by atoms with Crippen molar-refractivity contribution < 1.29 is 120 Å². The largest absolute Gasteiger partial charge is 1.00 e. The number of aromatic nitrogens is 3. The third-order valence-electron chi connectivity index (χ3n) is 14.8. The Hall–Kier alpha value is -4.72. The number of thiophene rings is 3. The smallest absolute Gasteiger partial charge is 0.668 e. The maximum Gasteiger partial charge on any atom is 1.00 e. The van der Waals surface area contributed by atoms with Crippen LogP contribution in [0.4, 0.5) is 4.79 Å². The van der Waals surface area contributed by atoms with Crippen molar-refractivity contribution in [1.29, 1.82) is 0 Å². The number of amides is 5. The number of H-pyrrole nitrogens is 1. The van der Waals surface area contributed by atoms with E-state index >= 15 is 0 Å². The fourth-order valence-corrected chi connectivity index (χ4v) is 17.3. The predicted molar refractivity (Wildman–Crippen MR) is 477 cm³/mol. The number of rotatable bonds is 9. The molecule has 0 aliphatic carbocycles. The van der Waals surface area contributed by atoms with Gasteiger partial charge in [-0.05, 0) is 90.8 Å². The zero-order chi connectivity index (χ0) is 86.6. The number of carbonyl (C=O) groups is 6. The van der Waals surface area contributed by atoms with Crippen LogP contribution in [0.15, 0.2) is 198 Å². The van der Waals surface area contributed by atoms with Crippen molar-refractivity contribution in [3.63, 3.8) is 0 Å². The first-order valence-corrected chi connectivity index (χ1v) is 50.2. The molecule has 0 saturated carbocycles. The molecular weight excluding hydrogens is 2060 g/mol. The molecule has 0 fully saturated rings. The molecular formula is C77H85Br4Cl3ILiN9NaO15S5Si. The number of para-hydroxylation sites is 1. The summed E-state index contributed by atoms with van der Waals surface area (Å²) in [6.07, 6.45) is 0. The molecule has 0 bridgehead atoms. The normalized spacial score (nSPS) is 11.1. The molecule has 6 heterocycles. The van der Waals surface area contributed by atoms with Gasteiger partial charge < -0.3 is 34.2 Å². The molecule has 117 heavy (non-hydrogen) atoms. The molecule has 0 spiro atoms. The second kappa shape index (κ2) is 56.1. The van der Waals surface area contributed by atoms with Crippen molar-refractivity contribution in [2.75, 3.05) is 77.5 Å². The number of hydrogen-bond acceptors (Lipinski definition) is 19. The summed E-state index contributed by atoms with van der Waals surface area (Å²) in [5, 5.41) is 9.83. The molecule has 13 rings (SSSR count). The average Bonchev–Trinajstić information content (AvgIpc) is 1.61. The molecule has 5 amide bonds. The van der Waals surface area contributed by atoms with Crippen LogP contribution in [-0.4, -0.2) is 162 Å². The quantitative estimate of drug-likeness (QED) is 0.0478. The molecule has 0 atom stereocenters. The standard InChI is InChI=1S/C14H14Br2N2O2S.C14H16N2O2S.C8H8Cl2.C8H8OS.C8H8S.C8H6S.C7H6O2.C4H12NSi.C3HBr2N3O3.C3H6ClNO.IO4.Li.Na/c1-17(2)13(19)11-9-7(15)5-6-8(16)10(9)12(21-11)14(20)18(3)4;1-15(2)13(17)11-9-7-5-6-8-10(9)12(19-11)14(18)16(3)4;9-5-7-3-1-2-4-8(7)6-10;9-10-5-7-3-1-2-4-8(7)6-10;2*1-2-4-8-6-9-5-7(8)3-1;8-6-9-7-4-2-1-3-5-7;1-5-6(2,3)4;4-7-1(9)6-2(10)8(5)3(7)11;1-5(2)3(4)6;2-1(3,4)5;;/h5-6H,1-4H3;5-8H,1-4H3;2*1-4H,5-6H2;1-4H,5-6H2;2*1-6H;1-4H3;(H,6,9,10);1-2H3;;;/q;;;;;;;-1;;;-1;2*+1. The number of alkyl halides is 2. The Morgan fingerprint density at radius 3 is 1.18 bits per heavy atom. The van der Waals surface area contributed by atoms with Gasteiger partial charge in [-0.1, -0.05) is 199 Å². The minimum Gasteiger partial charge on any atom is -0.668 e. The minimum absolute atomic E-state index is 0. The molecule has 0 saturated heterocycles. The van der Waals surface area contributed by atoms with Gasteiger partial charge in [-0.2, -0.15) is 37.3 Å². The molecule has 0 unspecified atom stereocenters. The van der Waals surface area contributed by atoms with E-state index in [0.29, 0.717) is 50.7 Å². The van der Waals surface area contributed by atoms with E-state index in [0.717, 1.165) is 53.1 Å². The summed E-state index contributed by atoms with van der Waals surface area (Å²) in [4.78, 5) is 117. The van der Waals surface area contributed by atoms with Crippen molar-refractivity contribution in [2.45, 2.75) is 54.4 Å². The molecule has 2 aliphatic heterocycles. The summed E-state index contributed by atoms with van der Waals surface area (Å²) < 4.78 is 52.8. The Labute approximate surface area is 789 Å². The van der Waals surface area contributed by atoms with E-state index in [-0.39, 0.29) is 72.0 Å². The number of fused-ring (bicyclic) bond motifs is 5. The van der Waals surface area contributed by atoms with Crippen LogP contribution < -0.4 is 104 Å². The van der Waals surface area contributed by atoms with Gasteiger partial charge in [-0.25, -0.2) is 14.4 Å². The SMILES string of the molecule is CN(C)C(=O)Cl.CN(C)C(=O)c1sc(C(=O)N(C)C)c2c(Br)ccc(Br)c12.CN(C)C(=O)c1sc(C(=O)N(C)C)c2ccccc12.C[N-][Si](C)(C)C.ClCc1ccccc1CCl.O=COc1ccccc1.O=S1Cc2ccccc2C1.O=c1[nH]c(=O)n(Br)c(=O)n1Br.[Li+].[Na+].[O-][I+3]([O-])([O-])[O-].c1ccc2c(c1)CSC2.c1ccc2cscc2c1. The zero-order valence-corrected chi connectivity index (χ0v) is 84.7. The zero-order valence-electron chi connectivity index (χ0n) is 66.8. The third kappa shape index (κ3) is 38.7. The first-order valence-electron chi connectivity index (χ1n) is 33.5. The van der Waals surface area contributed by atoms with Crippen LogP contribution in [0.1, 0.15) is 72.1 Å². The molecule has 24 nitrogen and oxygen atoms in total. The maximum atomic E-state index is 12.4. The first kappa shape index (κ1) is 110. The van der Waals surface area contributed by atoms with Crippen LogP contribution >= 0.6 is 145 Å². The van der Waals surface area contributed by atoms with Gasteiger partial charge in [0.05, 0.1) is 32.3 Å². The number of hydrogen-bond donors (Lipinski definition) is 1. The number of aromatic amines is 1. The summed E-state index contributed by atoms with van der Waals surface area (Å²) in [6, 6.07) is 53.3. The number of nitrogens with one attached hydrogen (secondary N) is 1. The molecule has 0 radical (unpaired) electrons. The molecule has 2 aliphatic rings. The van der Waals surface area contributed by atoms with Gasteiger partial charge in [0.15, 0.2) is 0 Å². The molecule has 620 valence electrons. The van der Waals surface area contributed by atoms with E-state index in [1.54, 1.807) is 106 Å². The number of nitrogens with zero attached hydrogens (tertiary/aromatic N) is 8. The van der Waals surface area contributed by atoms with E-state index in [1.165, 1.54) is 91.7 Å². The van der Waals surface area contributed by atoms with Gasteiger partial charge >= 0.3 is 70.9 Å². The second-order valence-corrected chi connectivity index (χ2v) is 41.6. The summed E-state index contributed by atoms with van der Waals surface area (Å²) >= 11 is 28.8. The van der Waals surface area contributed by atoms with Gasteiger partial charge in [0, 0.05) is 147 Å².